The molecule has 0 spiro atoms. The van der Waals surface area contributed by atoms with Gasteiger partial charge in [-0.05, 0) is 57.8 Å². The Labute approximate surface area is 418 Å². The van der Waals surface area contributed by atoms with Crippen molar-refractivity contribution >= 4 is 11.9 Å². The number of aliphatic hydroxyl groups is 2. The molecule has 6 nitrogen and oxygen atoms in total. The van der Waals surface area contributed by atoms with Crippen LogP contribution in [0.15, 0.2) is 24.3 Å². The molecular formula is C61H117NO5. The summed E-state index contributed by atoms with van der Waals surface area (Å²) in [5.41, 5.74) is 0. The maximum Gasteiger partial charge on any atom is 0.305 e. The van der Waals surface area contributed by atoms with Gasteiger partial charge in [0.15, 0.2) is 0 Å². The maximum atomic E-state index is 12.5. The van der Waals surface area contributed by atoms with Crippen molar-refractivity contribution in [2.24, 2.45) is 0 Å². The highest BCUT2D eigenvalue weighted by Gasteiger charge is 2.20. The number of amides is 1. The number of esters is 1. The summed E-state index contributed by atoms with van der Waals surface area (Å²) in [4.78, 5) is 24.5. The first kappa shape index (κ1) is 65.3. The Balaban J connectivity index is 3.50. The van der Waals surface area contributed by atoms with Gasteiger partial charge in [0.05, 0.1) is 25.4 Å². The summed E-state index contributed by atoms with van der Waals surface area (Å²) in [5, 5.41) is 23.3. The lowest BCUT2D eigenvalue weighted by Crippen LogP contribution is -2.45. The summed E-state index contributed by atoms with van der Waals surface area (Å²) in [7, 11) is 0. The van der Waals surface area contributed by atoms with Crippen molar-refractivity contribution in [3.63, 3.8) is 0 Å². The molecule has 67 heavy (non-hydrogen) atoms. The van der Waals surface area contributed by atoms with Crippen LogP contribution in [0, 0.1) is 0 Å². The molecule has 0 aliphatic heterocycles. The van der Waals surface area contributed by atoms with Crippen molar-refractivity contribution < 1.29 is 24.5 Å². The number of nitrogens with one attached hydrogen (secondary N) is 1. The van der Waals surface area contributed by atoms with Crippen LogP contribution in [0.25, 0.3) is 0 Å². The Morgan fingerprint density at radius 2 is 0.731 bits per heavy atom. The smallest absolute Gasteiger partial charge is 0.305 e. The molecule has 0 heterocycles. The maximum absolute atomic E-state index is 12.5. The van der Waals surface area contributed by atoms with Gasteiger partial charge in [-0.25, -0.2) is 0 Å². The molecule has 0 aliphatic carbocycles. The average Bonchev–Trinajstić information content (AvgIpc) is 3.33. The molecule has 1 amide bonds. The Kier molecular flexibility index (Phi) is 55.5. The standard InChI is InChI=1S/C61H117NO5/c1-3-5-7-9-11-13-15-17-19-20-21-22-23-26-29-33-37-41-45-49-53-59(64)58(57-63)62-60(65)54-50-46-42-38-34-30-27-24-28-32-36-40-44-48-52-56-67-61(66)55-51-47-43-39-35-31-25-18-16-14-12-10-8-6-4-2/h24,28,32,36,58-59,63-64H,3-23,25-27,29-31,33-35,37-57H2,1-2H3,(H,62,65)/b28-24-,36-32-. The van der Waals surface area contributed by atoms with E-state index < -0.39 is 12.1 Å². The molecule has 0 radical (unpaired) electrons. The van der Waals surface area contributed by atoms with E-state index in [1.165, 1.54) is 218 Å². The van der Waals surface area contributed by atoms with E-state index in [4.69, 9.17) is 4.74 Å². The van der Waals surface area contributed by atoms with Crippen LogP contribution in [0.4, 0.5) is 0 Å². The zero-order chi connectivity index (χ0) is 48.6. The minimum Gasteiger partial charge on any atom is -0.466 e. The highest BCUT2D eigenvalue weighted by atomic mass is 16.5. The molecule has 0 aromatic carbocycles. The Morgan fingerprint density at radius 1 is 0.418 bits per heavy atom. The summed E-state index contributed by atoms with van der Waals surface area (Å²) in [5.74, 6) is -0.0726. The third kappa shape index (κ3) is 53.5. The van der Waals surface area contributed by atoms with Crippen LogP contribution in [0.3, 0.4) is 0 Å². The third-order valence-electron chi connectivity index (χ3n) is 14.0. The fraction of sp³-hybridized carbons (Fsp3) is 0.902. The molecule has 0 rings (SSSR count). The molecule has 0 aliphatic rings. The quantitative estimate of drug-likeness (QED) is 0.0321. The van der Waals surface area contributed by atoms with E-state index >= 15 is 0 Å². The van der Waals surface area contributed by atoms with Gasteiger partial charge in [-0.1, -0.05) is 282 Å². The summed E-state index contributed by atoms with van der Waals surface area (Å²) >= 11 is 0. The van der Waals surface area contributed by atoms with Crippen molar-refractivity contribution in [2.75, 3.05) is 13.2 Å². The molecule has 0 aromatic heterocycles. The topological polar surface area (TPSA) is 95.9 Å². The monoisotopic (exact) mass is 944 g/mol. The lowest BCUT2D eigenvalue weighted by molar-refractivity contribution is -0.143. The van der Waals surface area contributed by atoms with E-state index in [0.29, 0.717) is 25.9 Å². The minimum atomic E-state index is -0.679. The second-order valence-electron chi connectivity index (χ2n) is 20.7. The van der Waals surface area contributed by atoms with E-state index in [0.717, 1.165) is 77.0 Å². The van der Waals surface area contributed by atoms with Gasteiger partial charge in [0, 0.05) is 12.8 Å². The average molecular weight is 945 g/mol. The molecule has 3 N–H and O–H groups in total. The van der Waals surface area contributed by atoms with Crippen molar-refractivity contribution in [1.29, 1.82) is 0 Å². The van der Waals surface area contributed by atoms with Crippen LogP contribution in [0.1, 0.15) is 328 Å². The van der Waals surface area contributed by atoms with Crippen LogP contribution >= 0.6 is 0 Å². The van der Waals surface area contributed by atoms with E-state index in [-0.39, 0.29) is 18.5 Å². The summed E-state index contributed by atoms with van der Waals surface area (Å²) in [6, 6.07) is -0.558. The van der Waals surface area contributed by atoms with Crippen LogP contribution in [-0.4, -0.2) is 47.4 Å². The van der Waals surface area contributed by atoms with E-state index in [1.807, 2.05) is 0 Å². The number of aliphatic hydroxyl groups excluding tert-OH is 2. The molecule has 0 saturated carbocycles. The van der Waals surface area contributed by atoms with Gasteiger partial charge in [-0.15, -0.1) is 0 Å². The van der Waals surface area contributed by atoms with E-state index in [9.17, 15) is 19.8 Å². The second kappa shape index (κ2) is 56.9. The molecule has 2 atom stereocenters. The first-order valence-electron chi connectivity index (χ1n) is 30.1. The lowest BCUT2D eigenvalue weighted by Gasteiger charge is -2.22. The molecule has 2 unspecified atom stereocenters. The van der Waals surface area contributed by atoms with Gasteiger partial charge in [-0.2, -0.15) is 0 Å². The number of hydrogen-bond acceptors (Lipinski definition) is 5. The molecule has 6 heteroatoms. The largest absolute Gasteiger partial charge is 0.466 e. The SMILES string of the molecule is CCCCCCCCCCCCCCCCCCCCCCC(O)C(CO)NC(=O)CCCCCCCC/C=C\C=C/CCCCCOC(=O)CCCCCCCCCCCCCCCCC. The number of carbonyl (C=O) groups is 2. The first-order valence-corrected chi connectivity index (χ1v) is 30.1. The predicted molar refractivity (Wildman–Crippen MR) is 292 cm³/mol. The van der Waals surface area contributed by atoms with Crippen LogP contribution < -0.4 is 5.32 Å². The number of hydrogen-bond donors (Lipinski definition) is 3. The van der Waals surface area contributed by atoms with Crippen molar-refractivity contribution in [2.45, 2.75) is 341 Å². The lowest BCUT2D eigenvalue weighted by atomic mass is 10.0. The highest BCUT2D eigenvalue weighted by Crippen LogP contribution is 2.18. The second-order valence-corrected chi connectivity index (χ2v) is 20.7. The minimum absolute atomic E-state index is 0.0181. The third-order valence-corrected chi connectivity index (χ3v) is 14.0. The number of carbonyl (C=O) groups excluding carboxylic acids is 2. The van der Waals surface area contributed by atoms with Crippen molar-refractivity contribution in [3.05, 3.63) is 24.3 Å². The molecular weight excluding hydrogens is 827 g/mol. The van der Waals surface area contributed by atoms with Gasteiger partial charge in [0.1, 0.15) is 0 Å². The van der Waals surface area contributed by atoms with E-state index in [2.05, 4.69) is 43.5 Å². The fourth-order valence-corrected chi connectivity index (χ4v) is 9.40. The first-order chi connectivity index (χ1) is 33.0. The van der Waals surface area contributed by atoms with Gasteiger partial charge >= 0.3 is 5.97 Å². The molecule has 0 fully saturated rings. The summed E-state index contributed by atoms with van der Waals surface area (Å²) < 4.78 is 5.45. The van der Waals surface area contributed by atoms with Crippen LogP contribution in [0.2, 0.25) is 0 Å². The number of unbranched alkanes of at least 4 members (excludes halogenated alkanes) is 42. The zero-order valence-corrected chi connectivity index (χ0v) is 45.1. The molecule has 0 bridgehead atoms. The molecule has 0 aromatic rings. The van der Waals surface area contributed by atoms with Crippen molar-refractivity contribution in [1.82, 2.24) is 5.32 Å². The molecule has 0 saturated heterocycles. The fourth-order valence-electron chi connectivity index (χ4n) is 9.40. The number of ether oxygens (including phenoxy) is 1. The molecule has 396 valence electrons. The van der Waals surface area contributed by atoms with Gasteiger partial charge in [-0.3, -0.25) is 9.59 Å². The predicted octanol–water partition coefficient (Wildman–Crippen LogP) is 18.6. The van der Waals surface area contributed by atoms with Gasteiger partial charge < -0.3 is 20.3 Å². The number of allylic oxidation sites excluding steroid dienone is 4. The van der Waals surface area contributed by atoms with Gasteiger partial charge in [0.2, 0.25) is 5.91 Å². The Hall–Kier alpha value is -1.66. The summed E-state index contributed by atoms with van der Waals surface area (Å²) in [6.45, 7) is 4.92. The number of rotatable bonds is 56. The zero-order valence-electron chi connectivity index (χ0n) is 45.1. The Morgan fingerprint density at radius 3 is 1.10 bits per heavy atom. The van der Waals surface area contributed by atoms with Gasteiger partial charge in [0.25, 0.3) is 0 Å². The highest BCUT2D eigenvalue weighted by molar-refractivity contribution is 5.76. The van der Waals surface area contributed by atoms with Crippen LogP contribution in [-0.2, 0) is 14.3 Å². The summed E-state index contributed by atoms with van der Waals surface area (Å²) in [6.07, 6.45) is 68.9. The van der Waals surface area contributed by atoms with Crippen molar-refractivity contribution in [3.8, 4) is 0 Å². The van der Waals surface area contributed by atoms with E-state index in [1.54, 1.807) is 0 Å². The Bertz CT molecular complexity index is 1040. The van der Waals surface area contributed by atoms with Crippen LogP contribution in [0.5, 0.6) is 0 Å². The normalized spacial score (nSPS) is 12.7.